The SMILES string of the molecule is C=CCCc1ccc(-c2cc(F)c(C#Cc3cc(F)c(C(F)(F)Oc4cc(F)c(C(F)(F)F)c(F)c4)c(F)c3)c(F)c2)cc1. The average Bonchev–Trinajstić information content (AvgIpc) is 2.89. The van der Waals surface area contributed by atoms with Gasteiger partial charge >= 0.3 is 12.3 Å². The van der Waals surface area contributed by atoms with Gasteiger partial charge in [-0.1, -0.05) is 42.2 Å². The van der Waals surface area contributed by atoms with Crippen LogP contribution in [0.25, 0.3) is 11.1 Å². The van der Waals surface area contributed by atoms with Crippen molar-refractivity contribution in [1.82, 2.24) is 0 Å². The van der Waals surface area contributed by atoms with Crippen molar-refractivity contribution in [2.45, 2.75) is 25.1 Å². The summed E-state index contributed by atoms with van der Waals surface area (Å²) in [6, 6.07) is 8.94. The van der Waals surface area contributed by atoms with Gasteiger partial charge in [0.2, 0.25) is 0 Å². The van der Waals surface area contributed by atoms with Gasteiger partial charge in [0.1, 0.15) is 51.8 Å². The third kappa shape index (κ3) is 7.05. The van der Waals surface area contributed by atoms with Crippen molar-refractivity contribution in [1.29, 1.82) is 0 Å². The van der Waals surface area contributed by atoms with Crippen LogP contribution in [0.3, 0.4) is 0 Å². The van der Waals surface area contributed by atoms with Gasteiger partial charge in [-0.25, -0.2) is 26.3 Å². The van der Waals surface area contributed by atoms with Crippen molar-refractivity contribution in [3.05, 3.63) is 136 Å². The molecule has 0 spiro atoms. The van der Waals surface area contributed by atoms with Crippen LogP contribution in [0.5, 0.6) is 5.75 Å². The van der Waals surface area contributed by atoms with Crippen molar-refractivity contribution in [3.63, 3.8) is 0 Å². The summed E-state index contributed by atoms with van der Waals surface area (Å²) in [6.07, 6.45) is -7.26. The van der Waals surface area contributed by atoms with Gasteiger partial charge in [0.15, 0.2) is 0 Å². The zero-order valence-corrected chi connectivity index (χ0v) is 22.0. The molecular formula is C32H17F11O. The molecule has 12 heteroatoms. The van der Waals surface area contributed by atoms with Gasteiger partial charge in [-0.2, -0.15) is 22.0 Å². The molecule has 4 aromatic rings. The predicted octanol–water partition coefficient (Wildman–Crippen LogP) is 9.85. The zero-order valence-electron chi connectivity index (χ0n) is 22.0. The maximum absolute atomic E-state index is 14.7. The van der Waals surface area contributed by atoms with E-state index < -0.39 is 75.2 Å². The summed E-state index contributed by atoms with van der Waals surface area (Å²) in [7, 11) is 0. The lowest BCUT2D eigenvalue weighted by Crippen LogP contribution is -2.25. The van der Waals surface area contributed by atoms with Crippen molar-refractivity contribution in [3.8, 4) is 28.7 Å². The molecule has 0 aliphatic carbocycles. The molecule has 0 aliphatic heterocycles. The second-order valence-electron chi connectivity index (χ2n) is 9.28. The molecule has 0 aliphatic rings. The van der Waals surface area contributed by atoms with E-state index in [-0.39, 0.29) is 29.8 Å². The highest BCUT2D eigenvalue weighted by Gasteiger charge is 2.43. The Bertz CT molecular complexity index is 1710. The molecule has 0 saturated heterocycles. The van der Waals surface area contributed by atoms with Crippen LogP contribution in [0.1, 0.15) is 34.2 Å². The van der Waals surface area contributed by atoms with Gasteiger partial charge in [0, 0.05) is 17.7 Å². The first-order chi connectivity index (χ1) is 20.6. The van der Waals surface area contributed by atoms with E-state index in [9.17, 15) is 48.3 Å². The fraction of sp³-hybridized carbons (Fsp3) is 0.125. The summed E-state index contributed by atoms with van der Waals surface area (Å²) in [6.45, 7) is 3.64. The number of hydrogen-bond donors (Lipinski definition) is 0. The summed E-state index contributed by atoms with van der Waals surface area (Å²) in [5, 5.41) is 0. The minimum atomic E-state index is -5.50. The molecule has 4 aromatic carbocycles. The Labute approximate surface area is 243 Å². The first kappa shape index (κ1) is 32.1. The van der Waals surface area contributed by atoms with Crippen LogP contribution in [-0.2, 0) is 18.7 Å². The van der Waals surface area contributed by atoms with E-state index >= 15 is 0 Å². The number of alkyl halides is 5. The van der Waals surface area contributed by atoms with Gasteiger partial charge in [0.25, 0.3) is 0 Å². The van der Waals surface area contributed by atoms with Crippen molar-refractivity contribution < 1.29 is 53.0 Å². The fourth-order valence-electron chi connectivity index (χ4n) is 4.13. The Morgan fingerprint density at radius 3 is 1.66 bits per heavy atom. The third-order valence-corrected chi connectivity index (χ3v) is 6.18. The smallest absolute Gasteiger partial charge is 0.429 e. The number of aryl methyl sites for hydroxylation is 1. The average molecular weight is 626 g/mol. The normalized spacial score (nSPS) is 11.6. The number of rotatable bonds is 7. The van der Waals surface area contributed by atoms with E-state index in [1.807, 2.05) is 0 Å². The molecule has 0 bridgehead atoms. The summed E-state index contributed by atoms with van der Waals surface area (Å²) in [5.41, 5.74) is -4.21. The molecule has 0 heterocycles. The lowest BCUT2D eigenvalue weighted by Gasteiger charge is -2.20. The third-order valence-electron chi connectivity index (χ3n) is 6.18. The maximum atomic E-state index is 14.7. The molecule has 0 unspecified atom stereocenters. The van der Waals surface area contributed by atoms with E-state index in [0.29, 0.717) is 5.56 Å². The van der Waals surface area contributed by atoms with Crippen LogP contribution in [0.2, 0.25) is 0 Å². The Hall–Kier alpha value is -4.79. The molecule has 0 radical (unpaired) electrons. The number of ether oxygens (including phenoxy) is 1. The molecule has 1 nitrogen and oxygen atoms in total. The quantitative estimate of drug-likeness (QED) is 0.113. The minimum Gasteiger partial charge on any atom is -0.429 e. The van der Waals surface area contributed by atoms with Crippen molar-refractivity contribution in [2.75, 3.05) is 0 Å². The van der Waals surface area contributed by atoms with Crippen LogP contribution in [0.15, 0.2) is 73.3 Å². The Kier molecular flexibility index (Phi) is 9.09. The summed E-state index contributed by atoms with van der Waals surface area (Å²) >= 11 is 0. The molecule has 0 N–H and O–H groups in total. The van der Waals surface area contributed by atoms with Crippen LogP contribution >= 0.6 is 0 Å². The van der Waals surface area contributed by atoms with Crippen molar-refractivity contribution >= 4 is 0 Å². The number of hydrogen-bond acceptors (Lipinski definition) is 1. The topological polar surface area (TPSA) is 9.23 Å². The summed E-state index contributed by atoms with van der Waals surface area (Å²) in [5.74, 6) is -8.19. The Balaban J connectivity index is 1.59. The van der Waals surface area contributed by atoms with E-state index in [2.05, 4.69) is 23.2 Å². The van der Waals surface area contributed by atoms with Gasteiger partial charge in [-0.3, -0.25) is 0 Å². The lowest BCUT2D eigenvalue weighted by molar-refractivity contribution is -0.189. The summed E-state index contributed by atoms with van der Waals surface area (Å²) < 4.78 is 157. The first-order valence-corrected chi connectivity index (χ1v) is 12.4. The molecule has 0 fully saturated rings. The largest absolute Gasteiger partial charge is 0.432 e. The Morgan fingerprint density at radius 1 is 0.636 bits per heavy atom. The molecule has 228 valence electrons. The van der Waals surface area contributed by atoms with E-state index in [1.165, 1.54) is 0 Å². The van der Waals surface area contributed by atoms with Gasteiger partial charge in [0.05, 0.1) is 5.56 Å². The highest BCUT2D eigenvalue weighted by molar-refractivity contribution is 5.65. The fourth-order valence-corrected chi connectivity index (χ4v) is 4.13. The molecule has 44 heavy (non-hydrogen) atoms. The Morgan fingerprint density at radius 2 is 1.16 bits per heavy atom. The number of benzene rings is 4. The zero-order chi connectivity index (χ0) is 32.4. The number of halogens is 11. The van der Waals surface area contributed by atoms with Crippen LogP contribution in [-0.4, -0.2) is 0 Å². The predicted molar refractivity (Wildman–Crippen MR) is 139 cm³/mol. The second kappa shape index (κ2) is 12.4. The van der Waals surface area contributed by atoms with E-state index in [4.69, 9.17) is 0 Å². The molecule has 0 aromatic heterocycles. The monoisotopic (exact) mass is 626 g/mol. The first-order valence-electron chi connectivity index (χ1n) is 12.4. The lowest BCUT2D eigenvalue weighted by atomic mass is 10.00. The molecule has 0 saturated carbocycles. The van der Waals surface area contributed by atoms with Crippen LogP contribution < -0.4 is 4.74 Å². The van der Waals surface area contributed by atoms with E-state index in [1.54, 1.807) is 30.3 Å². The highest BCUT2D eigenvalue weighted by Crippen LogP contribution is 2.39. The molecule has 0 atom stereocenters. The maximum Gasteiger partial charge on any atom is 0.432 e. The van der Waals surface area contributed by atoms with Crippen molar-refractivity contribution in [2.24, 2.45) is 0 Å². The molecule has 4 rings (SSSR count). The molecular weight excluding hydrogens is 609 g/mol. The number of allylic oxidation sites excluding steroid dienone is 1. The second-order valence-corrected chi connectivity index (χ2v) is 9.28. The van der Waals surface area contributed by atoms with Crippen LogP contribution in [0.4, 0.5) is 48.3 Å². The van der Waals surface area contributed by atoms with Gasteiger partial charge < -0.3 is 4.74 Å². The minimum absolute atomic E-state index is 0.178. The summed E-state index contributed by atoms with van der Waals surface area (Å²) in [4.78, 5) is 0. The van der Waals surface area contributed by atoms with Crippen LogP contribution in [0, 0.1) is 46.7 Å². The standard InChI is InChI=1S/C32H17F11O/c1-2-3-4-17-5-8-19(9-6-17)20-13-23(33)22(24(34)14-20)10-7-18-11-25(35)30(26(36)12-18)32(42,43)44-21-15-27(37)29(28(38)16-21)31(39,40)41/h2,5-6,8-9,11-16H,1,3-4H2. The van der Waals surface area contributed by atoms with Gasteiger partial charge in [-0.05, 0) is 53.8 Å². The highest BCUT2D eigenvalue weighted by atomic mass is 19.4. The molecule has 0 amide bonds. The van der Waals surface area contributed by atoms with Gasteiger partial charge in [-0.15, -0.1) is 6.58 Å². The van der Waals surface area contributed by atoms with E-state index in [0.717, 1.165) is 30.5 Å².